The first-order chi connectivity index (χ1) is 14.8. The Bertz CT molecular complexity index is 1150. The first-order valence-electron chi connectivity index (χ1n) is 9.81. The maximum atomic E-state index is 12.9. The molecule has 3 rings (SSSR count). The van der Waals surface area contributed by atoms with E-state index in [-0.39, 0.29) is 17.9 Å². The van der Waals surface area contributed by atoms with Crippen molar-refractivity contribution in [1.29, 1.82) is 0 Å². The molecule has 0 fully saturated rings. The summed E-state index contributed by atoms with van der Waals surface area (Å²) in [6, 6.07) is 16.3. The van der Waals surface area contributed by atoms with E-state index in [1.165, 1.54) is 11.6 Å². The van der Waals surface area contributed by atoms with Crippen LogP contribution >= 0.6 is 0 Å². The van der Waals surface area contributed by atoms with Gasteiger partial charge in [0, 0.05) is 7.05 Å². The van der Waals surface area contributed by atoms with Crippen molar-refractivity contribution >= 4 is 17.6 Å². The number of ether oxygens (including phenoxy) is 2. The largest absolute Gasteiger partial charge is 0.482 e. The number of carbonyl (C=O) groups excluding carboxylic acids is 2. The summed E-state index contributed by atoms with van der Waals surface area (Å²) in [6.07, 6.45) is -1.10. The SMILES string of the molecule is Cc1cccc(OCC(=O)O[C@H](C)C(=O)Nc2c(C)n(C)n(-c3ccccc3)c2=O)c1. The molecule has 0 aliphatic rings. The number of aromatic nitrogens is 2. The van der Waals surface area contributed by atoms with Crippen LogP contribution in [0.5, 0.6) is 5.75 Å². The van der Waals surface area contributed by atoms with Gasteiger partial charge in [0.2, 0.25) is 0 Å². The minimum absolute atomic E-state index is 0.135. The summed E-state index contributed by atoms with van der Waals surface area (Å²) in [7, 11) is 1.73. The van der Waals surface area contributed by atoms with Gasteiger partial charge in [0.05, 0.1) is 11.4 Å². The van der Waals surface area contributed by atoms with Gasteiger partial charge in [-0.1, -0.05) is 30.3 Å². The molecule has 1 aromatic heterocycles. The summed E-state index contributed by atoms with van der Waals surface area (Å²) in [4.78, 5) is 37.5. The fourth-order valence-corrected chi connectivity index (χ4v) is 3.07. The maximum absolute atomic E-state index is 12.9. The fraction of sp³-hybridized carbons (Fsp3) is 0.261. The minimum Gasteiger partial charge on any atom is -0.482 e. The van der Waals surface area contributed by atoms with Crippen LogP contribution in [0.1, 0.15) is 18.2 Å². The number of carbonyl (C=O) groups is 2. The molecule has 3 aromatic rings. The van der Waals surface area contributed by atoms with E-state index < -0.39 is 18.0 Å². The Hall–Kier alpha value is -3.81. The standard InChI is InChI=1S/C23H25N3O5/c1-15-9-8-12-19(13-15)30-14-20(27)31-17(3)22(28)24-21-16(2)25(4)26(23(21)29)18-10-6-5-7-11-18/h5-13,17H,14H2,1-4H3,(H,24,28)/t17-/m1/s1. The number of para-hydroxylation sites is 1. The van der Waals surface area contributed by atoms with Gasteiger partial charge in [-0.15, -0.1) is 0 Å². The van der Waals surface area contributed by atoms with Gasteiger partial charge in [-0.25, -0.2) is 9.48 Å². The van der Waals surface area contributed by atoms with Gasteiger partial charge in [-0.2, -0.15) is 0 Å². The van der Waals surface area contributed by atoms with Crippen LogP contribution in [0.4, 0.5) is 5.69 Å². The van der Waals surface area contributed by atoms with Gasteiger partial charge < -0.3 is 14.8 Å². The van der Waals surface area contributed by atoms with Crippen LogP contribution in [0.15, 0.2) is 59.4 Å². The highest BCUT2D eigenvalue weighted by atomic mass is 16.6. The lowest BCUT2D eigenvalue weighted by molar-refractivity contribution is -0.155. The molecule has 1 N–H and O–H groups in total. The molecule has 0 radical (unpaired) electrons. The van der Waals surface area contributed by atoms with Crippen LogP contribution in [0.2, 0.25) is 0 Å². The summed E-state index contributed by atoms with van der Waals surface area (Å²) in [5, 5.41) is 2.58. The molecule has 2 aromatic carbocycles. The van der Waals surface area contributed by atoms with Crippen LogP contribution in [-0.2, 0) is 21.4 Å². The Labute approximate surface area is 180 Å². The Morgan fingerprint density at radius 3 is 2.45 bits per heavy atom. The van der Waals surface area contributed by atoms with Crippen molar-refractivity contribution in [3.63, 3.8) is 0 Å². The second kappa shape index (κ2) is 9.34. The average Bonchev–Trinajstić information content (AvgIpc) is 2.96. The normalized spacial score (nSPS) is 11.6. The van der Waals surface area contributed by atoms with Crippen molar-refractivity contribution in [2.24, 2.45) is 7.05 Å². The van der Waals surface area contributed by atoms with Crippen molar-refractivity contribution in [2.45, 2.75) is 26.9 Å². The molecule has 8 nitrogen and oxygen atoms in total. The van der Waals surface area contributed by atoms with Crippen molar-refractivity contribution in [3.8, 4) is 11.4 Å². The number of anilines is 1. The lowest BCUT2D eigenvalue weighted by Gasteiger charge is -2.13. The highest BCUT2D eigenvalue weighted by Crippen LogP contribution is 2.15. The molecule has 1 atom stereocenters. The van der Waals surface area contributed by atoms with E-state index in [1.54, 1.807) is 42.9 Å². The molecular weight excluding hydrogens is 398 g/mol. The van der Waals surface area contributed by atoms with Gasteiger partial charge in [-0.05, 0) is 50.6 Å². The molecule has 162 valence electrons. The topological polar surface area (TPSA) is 91.6 Å². The predicted molar refractivity (Wildman–Crippen MR) is 117 cm³/mol. The van der Waals surface area contributed by atoms with Crippen molar-refractivity contribution in [2.75, 3.05) is 11.9 Å². The van der Waals surface area contributed by atoms with E-state index in [1.807, 2.05) is 37.3 Å². The Morgan fingerprint density at radius 1 is 1.06 bits per heavy atom. The first-order valence-corrected chi connectivity index (χ1v) is 9.81. The van der Waals surface area contributed by atoms with Crippen LogP contribution in [0.3, 0.4) is 0 Å². The number of nitrogens with one attached hydrogen (secondary N) is 1. The van der Waals surface area contributed by atoms with E-state index >= 15 is 0 Å². The number of benzene rings is 2. The van der Waals surface area contributed by atoms with Crippen LogP contribution < -0.4 is 15.6 Å². The van der Waals surface area contributed by atoms with Gasteiger partial charge >= 0.3 is 5.97 Å². The monoisotopic (exact) mass is 423 g/mol. The highest BCUT2D eigenvalue weighted by molar-refractivity contribution is 5.95. The second-order valence-electron chi connectivity index (χ2n) is 7.16. The lowest BCUT2D eigenvalue weighted by Crippen LogP contribution is -2.33. The average molecular weight is 423 g/mol. The second-order valence-corrected chi connectivity index (χ2v) is 7.16. The molecule has 31 heavy (non-hydrogen) atoms. The molecule has 1 heterocycles. The third-order valence-corrected chi connectivity index (χ3v) is 4.83. The zero-order valence-corrected chi connectivity index (χ0v) is 17.9. The number of nitrogens with zero attached hydrogens (tertiary/aromatic N) is 2. The molecule has 0 saturated heterocycles. The molecule has 0 saturated carbocycles. The van der Waals surface area contributed by atoms with Gasteiger partial charge in [0.25, 0.3) is 11.5 Å². The van der Waals surface area contributed by atoms with Crippen molar-refractivity contribution < 1.29 is 19.1 Å². The van der Waals surface area contributed by atoms with Gasteiger partial charge in [-0.3, -0.25) is 14.3 Å². The number of hydrogen-bond acceptors (Lipinski definition) is 5. The molecule has 0 unspecified atom stereocenters. The third kappa shape index (κ3) is 5.03. The number of aryl methyl sites for hydroxylation is 1. The molecule has 0 aliphatic heterocycles. The third-order valence-electron chi connectivity index (χ3n) is 4.83. The maximum Gasteiger partial charge on any atom is 0.344 e. The van der Waals surface area contributed by atoms with Crippen LogP contribution in [-0.4, -0.2) is 34.0 Å². The van der Waals surface area contributed by atoms with Crippen molar-refractivity contribution in [1.82, 2.24) is 9.36 Å². The lowest BCUT2D eigenvalue weighted by atomic mass is 10.2. The summed E-state index contributed by atoms with van der Waals surface area (Å²) in [5.41, 5.74) is 2.00. The predicted octanol–water partition coefficient (Wildman–Crippen LogP) is 2.74. The summed E-state index contributed by atoms with van der Waals surface area (Å²) in [5.74, 6) is -0.749. The Balaban J connectivity index is 1.64. The van der Waals surface area contributed by atoms with Crippen LogP contribution in [0.25, 0.3) is 5.69 Å². The molecular formula is C23H25N3O5. The summed E-state index contributed by atoms with van der Waals surface area (Å²) >= 11 is 0. The van der Waals surface area contributed by atoms with Crippen LogP contribution in [0, 0.1) is 13.8 Å². The molecule has 0 aliphatic carbocycles. The van der Waals surface area contributed by atoms with E-state index in [9.17, 15) is 14.4 Å². The van der Waals surface area contributed by atoms with Gasteiger partial charge in [0.1, 0.15) is 11.4 Å². The molecule has 0 spiro atoms. The van der Waals surface area contributed by atoms with Crippen molar-refractivity contribution in [3.05, 3.63) is 76.2 Å². The molecule has 0 bridgehead atoms. The van der Waals surface area contributed by atoms with E-state index in [0.29, 0.717) is 17.1 Å². The summed E-state index contributed by atoms with van der Waals surface area (Å²) in [6.45, 7) is 4.75. The highest BCUT2D eigenvalue weighted by Gasteiger charge is 2.23. The molecule has 1 amide bonds. The molecule has 8 heteroatoms. The number of hydrogen-bond donors (Lipinski definition) is 1. The number of amides is 1. The zero-order valence-electron chi connectivity index (χ0n) is 17.9. The minimum atomic E-state index is -1.10. The Morgan fingerprint density at radius 2 is 1.77 bits per heavy atom. The van der Waals surface area contributed by atoms with Gasteiger partial charge in [0.15, 0.2) is 12.7 Å². The van der Waals surface area contributed by atoms with E-state index in [2.05, 4.69) is 5.32 Å². The fourth-order valence-electron chi connectivity index (χ4n) is 3.07. The smallest absolute Gasteiger partial charge is 0.344 e. The first kappa shape index (κ1) is 21.9. The van der Waals surface area contributed by atoms with E-state index in [4.69, 9.17) is 9.47 Å². The van der Waals surface area contributed by atoms with E-state index in [0.717, 1.165) is 5.56 Å². The number of esters is 1. The Kier molecular flexibility index (Phi) is 6.59. The zero-order chi connectivity index (χ0) is 22.5. The quantitative estimate of drug-likeness (QED) is 0.590. The number of rotatable bonds is 7. The summed E-state index contributed by atoms with van der Waals surface area (Å²) < 4.78 is 13.6.